The number of rotatable bonds is 2. The van der Waals surface area contributed by atoms with Gasteiger partial charge < -0.3 is 0 Å². The van der Waals surface area contributed by atoms with Gasteiger partial charge in [-0.15, -0.1) is 0 Å². The predicted octanol–water partition coefficient (Wildman–Crippen LogP) is 1.39. The zero-order chi connectivity index (χ0) is 11.6. The zero-order valence-corrected chi connectivity index (χ0v) is 8.92. The molecule has 2 aromatic heterocycles. The zero-order valence-electron chi connectivity index (χ0n) is 8.11. The highest BCUT2D eigenvalue weighted by atomic mass is 32.2. The van der Waals surface area contributed by atoms with Crippen LogP contribution in [0.1, 0.15) is 0 Å². The summed E-state index contributed by atoms with van der Waals surface area (Å²) in [4.78, 5) is 7.31. The summed E-state index contributed by atoms with van der Waals surface area (Å²) in [6, 6.07) is 4.84. The molecule has 0 aliphatic carbocycles. The summed E-state index contributed by atoms with van der Waals surface area (Å²) in [6.45, 7) is 0. The fourth-order valence-corrected chi connectivity index (χ4v) is 2.01. The topological polar surface area (TPSA) is 80.2 Å². The molecule has 5 nitrogen and oxygen atoms in total. The number of aromatic nitrogens is 2. The highest BCUT2D eigenvalue weighted by Gasteiger charge is 2.16. The van der Waals surface area contributed by atoms with Crippen LogP contribution in [-0.2, 0) is 10.1 Å². The molecule has 6 heteroatoms. The van der Waals surface area contributed by atoms with Gasteiger partial charge in [0.15, 0.2) is 0 Å². The van der Waals surface area contributed by atoms with Crippen molar-refractivity contribution in [1.82, 2.24) is 9.97 Å². The minimum absolute atomic E-state index is 0.207. The molecule has 0 fully saturated rings. The maximum Gasteiger partial charge on any atom is 0.296 e. The van der Waals surface area contributed by atoms with Crippen LogP contribution in [0.25, 0.3) is 11.1 Å². The SMILES string of the molecule is O=S(=O)(O)c1cnccc1-c1ccncc1. The third kappa shape index (κ3) is 2.07. The van der Waals surface area contributed by atoms with Gasteiger partial charge in [0.1, 0.15) is 4.90 Å². The van der Waals surface area contributed by atoms with Crippen molar-refractivity contribution in [2.45, 2.75) is 4.90 Å². The van der Waals surface area contributed by atoms with Crippen LogP contribution in [0.3, 0.4) is 0 Å². The van der Waals surface area contributed by atoms with E-state index >= 15 is 0 Å². The van der Waals surface area contributed by atoms with Crippen LogP contribution in [0.4, 0.5) is 0 Å². The van der Waals surface area contributed by atoms with E-state index in [1.54, 1.807) is 24.5 Å². The molecule has 0 aliphatic heterocycles. The van der Waals surface area contributed by atoms with Gasteiger partial charge in [-0.2, -0.15) is 8.42 Å². The minimum atomic E-state index is -4.26. The van der Waals surface area contributed by atoms with Crippen LogP contribution < -0.4 is 0 Å². The van der Waals surface area contributed by atoms with Gasteiger partial charge in [0.05, 0.1) is 0 Å². The van der Waals surface area contributed by atoms with E-state index in [0.29, 0.717) is 11.1 Å². The number of pyridine rings is 2. The molecule has 82 valence electrons. The summed E-state index contributed by atoms with van der Waals surface area (Å²) in [6.07, 6.45) is 5.67. The smallest absolute Gasteiger partial charge is 0.282 e. The van der Waals surface area contributed by atoms with Crippen LogP contribution in [0.5, 0.6) is 0 Å². The Morgan fingerprint density at radius 1 is 1.00 bits per heavy atom. The van der Waals surface area contributed by atoms with Gasteiger partial charge in [0.2, 0.25) is 0 Å². The molecule has 0 unspecified atom stereocenters. The van der Waals surface area contributed by atoms with Crippen LogP contribution in [0.2, 0.25) is 0 Å². The van der Waals surface area contributed by atoms with Crippen molar-refractivity contribution in [2.75, 3.05) is 0 Å². The maximum atomic E-state index is 11.1. The molecular weight excluding hydrogens is 228 g/mol. The Morgan fingerprint density at radius 2 is 1.62 bits per heavy atom. The van der Waals surface area contributed by atoms with E-state index in [0.717, 1.165) is 6.20 Å². The summed E-state index contributed by atoms with van der Waals surface area (Å²) in [7, 11) is -4.26. The Balaban J connectivity index is 2.68. The van der Waals surface area contributed by atoms with Crippen molar-refractivity contribution in [3.63, 3.8) is 0 Å². The monoisotopic (exact) mass is 236 g/mol. The van der Waals surface area contributed by atoms with E-state index < -0.39 is 10.1 Å². The highest BCUT2D eigenvalue weighted by molar-refractivity contribution is 7.86. The number of hydrogen-bond donors (Lipinski definition) is 1. The minimum Gasteiger partial charge on any atom is -0.282 e. The molecule has 2 rings (SSSR count). The van der Waals surface area contributed by atoms with Gasteiger partial charge >= 0.3 is 0 Å². The molecule has 0 bridgehead atoms. The quantitative estimate of drug-likeness (QED) is 0.797. The normalized spacial score (nSPS) is 11.3. The number of hydrogen-bond acceptors (Lipinski definition) is 4. The molecule has 0 spiro atoms. The molecule has 0 saturated carbocycles. The van der Waals surface area contributed by atoms with E-state index in [9.17, 15) is 8.42 Å². The van der Waals surface area contributed by atoms with Crippen molar-refractivity contribution in [3.8, 4) is 11.1 Å². The Hall–Kier alpha value is -1.79. The third-order valence-electron chi connectivity index (χ3n) is 2.05. The second-order valence-electron chi connectivity index (χ2n) is 3.08. The molecule has 16 heavy (non-hydrogen) atoms. The van der Waals surface area contributed by atoms with E-state index in [1.165, 1.54) is 12.3 Å². The van der Waals surface area contributed by atoms with Crippen molar-refractivity contribution in [2.24, 2.45) is 0 Å². The summed E-state index contributed by atoms with van der Waals surface area (Å²) in [5, 5.41) is 0. The van der Waals surface area contributed by atoms with Crippen LogP contribution >= 0.6 is 0 Å². The third-order valence-corrected chi connectivity index (χ3v) is 2.93. The first-order valence-corrected chi connectivity index (χ1v) is 5.85. The van der Waals surface area contributed by atoms with Gasteiger partial charge in [0, 0.05) is 30.4 Å². The molecule has 0 atom stereocenters. The largest absolute Gasteiger partial charge is 0.296 e. The fourth-order valence-electron chi connectivity index (χ4n) is 1.36. The Labute approximate surface area is 92.6 Å². The van der Waals surface area contributed by atoms with Gasteiger partial charge in [-0.25, -0.2) is 0 Å². The van der Waals surface area contributed by atoms with E-state index in [2.05, 4.69) is 9.97 Å². The standard InChI is InChI=1S/C10H8N2O3S/c13-16(14,15)10-7-12-6-3-9(10)8-1-4-11-5-2-8/h1-7H,(H,13,14,15). The lowest BCUT2D eigenvalue weighted by molar-refractivity contribution is 0.483. The Morgan fingerprint density at radius 3 is 2.25 bits per heavy atom. The average molecular weight is 236 g/mol. The average Bonchev–Trinajstić information content (AvgIpc) is 2.29. The lowest BCUT2D eigenvalue weighted by Gasteiger charge is -2.05. The lowest BCUT2D eigenvalue weighted by Crippen LogP contribution is -2.01. The molecule has 0 aliphatic rings. The lowest BCUT2D eigenvalue weighted by atomic mass is 10.1. The highest BCUT2D eigenvalue weighted by Crippen LogP contribution is 2.25. The maximum absolute atomic E-state index is 11.1. The van der Waals surface area contributed by atoms with Crippen molar-refractivity contribution < 1.29 is 13.0 Å². The molecule has 2 aromatic rings. The predicted molar refractivity (Wildman–Crippen MR) is 57.3 cm³/mol. The van der Waals surface area contributed by atoms with Crippen molar-refractivity contribution in [1.29, 1.82) is 0 Å². The van der Waals surface area contributed by atoms with Gasteiger partial charge in [-0.05, 0) is 23.8 Å². The van der Waals surface area contributed by atoms with Gasteiger partial charge in [0.25, 0.3) is 10.1 Å². The first-order chi connectivity index (χ1) is 7.59. The van der Waals surface area contributed by atoms with Crippen molar-refractivity contribution in [3.05, 3.63) is 43.0 Å². The molecule has 0 amide bonds. The van der Waals surface area contributed by atoms with E-state index in [4.69, 9.17) is 4.55 Å². The van der Waals surface area contributed by atoms with E-state index in [1.807, 2.05) is 0 Å². The summed E-state index contributed by atoms with van der Waals surface area (Å²) in [5.74, 6) is 0. The summed E-state index contributed by atoms with van der Waals surface area (Å²) >= 11 is 0. The molecule has 0 radical (unpaired) electrons. The molecular formula is C10H8N2O3S. The second kappa shape index (κ2) is 3.99. The summed E-state index contributed by atoms with van der Waals surface area (Å²) < 4.78 is 31.3. The fraction of sp³-hybridized carbons (Fsp3) is 0. The van der Waals surface area contributed by atoms with Crippen LogP contribution in [0.15, 0.2) is 47.9 Å². The Bertz CT molecular complexity index is 596. The molecule has 2 heterocycles. The first kappa shape index (κ1) is 10.7. The molecule has 0 aromatic carbocycles. The van der Waals surface area contributed by atoms with Crippen molar-refractivity contribution >= 4 is 10.1 Å². The molecule has 0 saturated heterocycles. The molecule has 1 N–H and O–H groups in total. The van der Waals surface area contributed by atoms with Crippen LogP contribution in [-0.4, -0.2) is 22.9 Å². The number of nitrogens with zero attached hydrogens (tertiary/aromatic N) is 2. The second-order valence-corrected chi connectivity index (χ2v) is 4.47. The first-order valence-electron chi connectivity index (χ1n) is 4.41. The van der Waals surface area contributed by atoms with Gasteiger partial charge in [-0.3, -0.25) is 14.5 Å². The van der Waals surface area contributed by atoms with Crippen LogP contribution in [0, 0.1) is 0 Å². The Kier molecular flexibility index (Phi) is 2.67. The summed E-state index contributed by atoms with van der Waals surface area (Å²) in [5.41, 5.74) is 1.06. The van der Waals surface area contributed by atoms with E-state index in [-0.39, 0.29) is 4.90 Å². The van der Waals surface area contributed by atoms with Gasteiger partial charge in [-0.1, -0.05) is 0 Å².